The van der Waals surface area contributed by atoms with Gasteiger partial charge in [0.2, 0.25) is 0 Å². The van der Waals surface area contributed by atoms with Crippen LogP contribution in [0.5, 0.6) is 5.75 Å². The summed E-state index contributed by atoms with van der Waals surface area (Å²) < 4.78 is 10.0. The average molecular weight is 282 g/mol. The molecule has 0 saturated heterocycles. The highest BCUT2D eigenvalue weighted by Gasteiger charge is 2.16. The molecule has 0 fully saturated rings. The number of ether oxygens (including phenoxy) is 2. The SMILES string of the molecule is CN(C)C(=O)Oc1cccc([C@@H](CCO)OC(N)=O)c1. The minimum Gasteiger partial charge on any atom is -0.441 e. The average Bonchev–Trinajstić information content (AvgIpc) is 2.38. The lowest BCUT2D eigenvalue weighted by molar-refractivity contribution is 0.0875. The van der Waals surface area contributed by atoms with Gasteiger partial charge in [0.05, 0.1) is 0 Å². The van der Waals surface area contributed by atoms with Crippen molar-refractivity contribution in [2.45, 2.75) is 12.5 Å². The van der Waals surface area contributed by atoms with Gasteiger partial charge in [-0.05, 0) is 17.7 Å². The van der Waals surface area contributed by atoms with Crippen molar-refractivity contribution in [2.24, 2.45) is 5.73 Å². The van der Waals surface area contributed by atoms with E-state index in [0.29, 0.717) is 11.3 Å². The molecule has 1 rings (SSSR count). The second-order valence-electron chi connectivity index (χ2n) is 4.27. The van der Waals surface area contributed by atoms with E-state index >= 15 is 0 Å². The summed E-state index contributed by atoms with van der Waals surface area (Å²) in [5.74, 6) is 0.317. The minimum atomic E-state index is -0.931. The van der Waals surface area contributed by atoms with Crippen LogP contribution in [-0.2, 0) is 4.74 Å². The van der Waals surface area contributed by atoms with Gasteiger partial charge in [0.25, 0.3) is 0 Å². The van der Waals surface area contributed by atoms with Crippen molar-refractivity contribution in [3.05, 3.63) is 29.8 Å². The molecule has 0 spiro atoms. The molecule has 0 heterocycles. The predicted molar refractivity (Wildman–Crippen MR) is 71.3 cm³/mol. The zero-order chi connectivity index (χ0) is 15.1. The molecule has 20 heavy (non-hydrogen) atoms. The molecule has 7 nitrogen and oxygen atoms in total. The molecule has 0 aliphatic heterocycles. The number of nitrogens with zero attached hydrogens (tertiary/aromatic N) is 1. The van der Waals surface area contributed by atoms with Gasteiger partial charge in [-0.3, -0.25) is 0 Å². The first-order chi connectivity index (χ1) is 9.43. The summed E-state index contributed by atoms with van der Waals surface area (Å²) in [4.78, 5) is 23.6. The van der Waals surface area contributed by atoms with E-state index in [4.69, 9.17) is 20.3 Å². The number of primary amides is 1. The van der Waals surface area contributed by atoms with E-state index in [1.807, 2.05) is 0 Å². The van der Waals surface area contributed by atoms with Crippen molar-refractivity contribution in [3.63, 3.8) is 0 Å². The predicted octanol–water partition coefficient (Wildman–Crippen LogP) is 1.27. The molecule has 1 atom stereocenters. The van der Waals surface area contributed by atoms with Crippen LogP contribution in [0, 0.1) is 0 Å². The first kappa shape index (κ1) is 15.8. The van der Waals surface area contributed by atoms with Crippen LogP contribution in [0.15, 0.2) is 24.3 Å². The van der Waals surface area contributed by atoms with Gasteiger partial charge in [-0.1, -0.05) is 12.1 Å². The number of carbonyl (C=O) groups is 2. The van der Waals surface area contributed by atoms with Crippen LogP contribution in [0.3, 0.4) is 0 Å². The fraction of sp³-hybridized carbons (Fsp3) is 0.385. The second kappa shape index (κ2) is 7.34. The molecule has 1 aromatic rings. The van der Waals surface area contributed by atoms with E-state index in [2.05, 4.69) is 0 Å². The number of hydrogen-bond donors (Lipinski definition) is 2. The standard InChI is InChI=1S/C13H18N2O5/c1-15(2)13(18)19-10-5-3-4-9(8-10)11(6-7-16)20-12(14)17/h3-5,8,11,16H,6-7H2,1-2H3,(H2,14,17)/t11-/m1/s1. The van der Waals surface area contributed by atoms with Crippen LogP contribution < -0.4 is 10.5 Å². The molecular weight excluding hydrogens is 264 g/mol. The molecule has 3 N–H and O–H groups in total. The number of carbonyl (C=O) groups excluding carboxylic acids is 2. The lowest BCUT2D eigenvalue weighted by Crippen LogP contribution is -2.25. The monoisotopic (exact) mass is 282 g/mol. The van der Waals surface area contributed by atoms with Crippen LogP contribution in [0.1, 0.15) is 18.1 Å². The van der Waals surface area contributed by atoms with Gasteiger partial charge >= 0.3 is 12.2 Å². The third-order valence-corrected chi connectivity index (χ3v) is 2.45. The maximum atomic E-state index is 11.5. The van der Waals surface area contributed by atoms with Crippen molar-refractivity contribution in [1.29, 1.82) is 0 Å². The lowest BCUT2D eigenvalue weighted by Gasteiger charge is -2.17. The fourth-order valence-electron chi connectivity index (χ4n) is 1.52. The Morgan fingerprint density at radius 3 is 2.65 bits per heavy atom. The smallest absolute Gasteiger partial charge is 0.414 e. The van der Waals surface area contributed by atoms with Crippen molar-refractivity contribution >= 4 is 12.2 Å². The summed E-state index contributed by atoms with van der Waals surface area (Å²) in [5, 5.41) is 8.97. The zero-order valence-corrected chi connectivity index (χ0v) is 11.4. The third-order valence-electron chi connectivity index (χ3n) is 2.45. The molecule has 1 aromatic carbocycles. The largest absolute Gasteiger partial charge is 0.441 e. The lowest BCUT2D eigenvalue weighted by atomic mass is 10.1. The van der Waals surface area contributed by atoms with Gasteiger partial charge in [0.15, 0.2) is 0 Å². The Morgan fingerprint density at radius 1 is 1.40 bits per heavy atom. The van der Waals surface area contributed by atoms with Crippen LogP contribution in [0.2, 0.25) is 0 Å². The molecule has 110 valence electrons. The summed E-state index contributed by atoms with van der Waals surface area (Å²) in [6, 6.07) is 6.51. The topological polar surface area (TPSA) is 102 Å². The van der Waals surface area contributed by atoms with E-state index in [1.165, 1.54) is 4.90 Å². The highest BCUT2D eigenvalue weighted by atomic mass is 16.6. The Bertz CT molecular complexity index is 476. The van der Waals surface area contributed by atoms with Gasteiger partial charge in [0, 0.05) is 27.1 Å². The molecule has 0 radical (unpaired) electrons. The van der Waals surface area contributed by atoms with Crippen LogP contribution in [-0.4, -0.2) is 42.9 Å². The summed E-state index contributed by atoms with van der Waals surface area (Å²) in [6.07, 6.45) is -1.93. The zero-order valence-electron chi connectivity index (χ0n) is 11.4. The molecule has 0 unspecified atom stereocenters. The minimum absolute atomic E-state index is 0.167. The van der Waals surface area contributed by atoms with Gasteiger partial charge < -0.3 is 25.2 Å². The fourth-order valence-corrected chi connectivity index (χ4v) is 1.52. The Morgan fingerprint density at radius 2 is 2.10 bits per heavy atom. The summed E-state index contributed by atoms with van der Waals surface area (Å²) in [5.41, 5.74) is 5.57. The Balaban J connectivity index is 2.88. The van der Waals surface area contributed by atoms with Crippen LogP contribution in [0.4, 0.5) is 9.59 Å². The molecule has 0 saturated carbocycles. The van der Waals surface area contributed by atoms with E-state index in [-0.39, 0.29) is 13.0 Å². The van der Waals surface area contributed by atoms with E-state index in [0.717, 1.165) is 0 Å². The van der Waals surface area contributed by atoms with E-state index in [1.54, 1.807) is 38.4 Å². The number of aliphatic hydroxyl groups is 1. The number of hydrogen-bond acceptors (Lipinski definition) is 5. The number of aliphatic hydroxyl groups excluding tert-OH is 1. The number of rotatable bonds is 5. The van der Waals surface area contributed by atoms with Crippen LogP contribution >= 0.6 is 0 Å². The molecule has 0 aliphatic rings. The number of benzene rings is 1. The molecule has 0 bridgehead atoms. The highest BCUT2D eigenvalue weighted by Crippen LogP contribution is 2.25. The first-order valence-electron chi connectivity index (χ1n) is 6.00. The summed E-state index contributed by atoms with van der Waals surface area (Å²) in [7, 11) is 3.13. The molecule has 7 heteroatoms. The van der Waals surface area contributed by atoms with Crippen LogP contribution in [0.25, 0.3) is 0 Å². The summed E-state index contributed by atoms with van der Waals surface area (Å²) >= 11 is 0. The quantitative estimate of drug-likeness (QED) is 0.846. The Kier molecular flexibility index (Phi) is 5.79. The van der Waals surface area contributed by atoms with Gasteiger partial charge in [-0.15, -0.1) is 0 Å². The normalized spacial score (nSPS) is 11.6. The Labute approximate surface area is 116 Å². The Hall–Kier alpha value is -2.28. The van der Waals surface area contributed by atoms with Crippen molar-refractivity contribution < 1.29 is 24.2 Å². The first-order valence-corrected chi connectivity index (χ1v) is 6.00. The van der Waals surface area contributed by atoms with Crippen molar-refractivity contribution in [3.8, 4) is 5.75 Å². The maximum Gasteiger partial charge on any atom is 0.414 e. The van der Waals surface area contributed by atoms with Crippen molar-refractivity contribution in [1.82, 2.24) is 4.90 Å². The van der Waals surface area contributed by atoms with Gasteiger partial charge in [-0.2, -0.15) is 0 Å². The molecule has 0 aromatic heterocycles. The number of nitrogens with two attached hydrogens (primary N) is 1. The molecular formula is C13H18N2O5. The maximum absolute atomic E-state index is 11.5. The van der Waals surface area contributed by atoms with E-state index < -0.39 is 18.3 Å². The second-order valence-corrected chi connectivity index (χ2v) is 4.27. The third kappa shape index (κ3) is 4.77. The van der Waals surface area contributed by atoms with Crippen molar-refractivity contribution in [2.75, 3.05) is 20.7 Å². The molecule has 2 amide bonds. The van der Waals surface area contributed by atoms with Gasteiger partial charge in [-0.25, -0.2) is 9.59 Å². The van der Waals surface area contributed by atoms with Gasteiger partial charge in [0.1, 0.15) is 11.9 Å². The highest BCUT2D eigenvalue weighted by molar-refractivity contribution is 5.70. The molecule has 0 aliphatic carbocycles. The number of amides is 2. The summed E-state index contributed by atoms with van der Waals surface area (Å²) in [6.45, 7) is -0.167. The van der Waals surface area contributed by atoms with E-state index in [9.17, 15) is 9.59 Å².